The molecule has 0 heterocycles. The highest BCUT2D eigenvalue weighted by Crippen LogP contribution is 2.68. The molecular formula is C31H50N2O. The second-order valence-electron chi connectivity index (χ2n) is 13.8. The average Bonchev–Trinajstić information content (AvgIpc) is 3.13. The predicted octanol–water partition coefficient (Wildman–Crippen LogP) is 7.94. The van der Waals surface area contributed by atoms with E-state index in [4.69, 9.17) is 16.2 Å². The molecule has 0 saturated heterocycles. The average molecular weight is 467 g/mol. The third-order valence-corrected chi connectivity index (χ3v) is 11.6. The van der Waals surface area contributed by atoms with E-state index in [1.54, 1.807) is 0 Å². The maximum absolute atomic E-state index is 6.45. The summed E-state index contributed by atoms with van der Waals surface area (Å²) in [5.41, 5.74) is 14.7. The van der Waals surface area contributed by atoms with Gasteiger partial charge in [0.05, 0.1) is 11.8 Å². The molecule has 4 N–H and O–H groups in total. The molecule has 5 rings (SSSR count). The van der Waals surface area contributed by atoms with Gasteiger partial charge in [-0.2, -0.15) is 0 Å². The summed E-state index contributed by atoms with van der Waals surface area (Å²) in [6.45, 7) is 12.8. The van der Waals surface area contributed by atoms with Crippen LogP contribution in [-0.4, -0.2) is 6.10 Å². The second kappa shape index (κ2) is 8.93. The molecule has 3 nitrogen and oxygen atoms in total. The van der Waals surface area contributed by atoms with Crippen LogP contribution in [0.5, 0.6) is 5.75 Å². The lowest BCUT2D eigenvalue weighted by Gasteiger charge is -2.61. The van der Waals surface area contributed by atoms with E-state index < -0.39 is 0 Å². The van der Waals surface area contributed by atoms with Crippen LogP contribution in [0, 0.1) is 52.3 Å². The van der Waals surface area contributed by atoms with Crippen molar-refractivity contribution in [1.29, 1.82) is 0 Å². The summed E-state index contributed by atoms with van der Waals surface area (Å²) in [6.07, 6.45) is 14.1. The van der Waals surface area contributed by atoms with Crippen LogP contribution in [0.15, 0.2) is 18.2 Å². The first-order valence-corrected chi connectivity index (χ1v) is 14.4. The number of ether oxygens (including phenoxy) is 1. The molecule has 0 radical (unpaired) electrons. The number of benzene rings is 1. The van der Waals surface area contributed by atoms with Crippen LogP contribution in [0.4, 0.5) is 11.4 Å². The molecule has 9 atom stereocenters. The van der Waals surface area contributed by atoms with Gasteiger partial charge in [0.1, 0.15) is 5.75 Å². The summed E-state index contributed by atoms with van der Waals surface area (Å²) in [5, 5.41) is 0. The van der Waals surface area contributed by atoms with Crippen molar-refractivity contribution in [3.63, 3.8) is 0 Å². The minimum atomic E-state index is 0.278. The van der Waals surface area contributed by atoms with E-state index >= 15 is 0 Å². The Balaban J connectivity index is 1.28. The third-order valence-electron chi connectivity index (χ3n) is 11.6. The van der Waals surface area contributed by atoms with E-state index in [0.717, 1.165) is 59.3 Å². The molecule has 4 aliphatic carbocycles. The van der Waals surface area contributed by atoms with Gasteiger partial charge in [0, 0.05) is 11.8 Å². The first-order valence-electron chi connectivity index (χ1n) is 14.4. The molecule has 190 valence electrons. The Labute approximate surface area is 208 Å². The van der Waals surface area contributed by atoms with Crippen LogP contribution in [0.25, 0.3) is 0 Å². The number of hydrogen-bond acceptors (Lipinski definition) is 3. The molecule has 4 aliphatic rings. The van der Waals surface area contributed by atoms with Gasteiger partial charge in [-0.1, -0.05) is 34.6 Å². The molecular weight excluding hydrogens is 416 g/mol. The van der Waals surface area contributed by atoms with Crippen molar-refractivity contribution in [2.45, 2.75) is 105 Å². The van der Waals surface area contributed by atoms with Crippen LogP contribution >= 0.6 is 0 Å². The largest absolute Gasteiger partial charge is 0.488 e. The Morgan fingerprint density at radius 2 is 1.65 bits per heavy atom. The number of rotatable bonds is 5. The van der Waals surface area contributed by atoms with E-state index in [0.29, 0.717) is 16.5 Å². The Morgan fingerprint density at radius 1 is 0.912 bits per heavy atom. The minimum Gasteiger partial charge on any atom is -0.488 e. The highest BCUT2D eigenvalue weighted by molar-refractivity contribution is 5.59. The summed E-state index contributed by atoms with van der Waals surface area (Å²) in [7, 11) is 0. The molecule has 9 unspecified atom stereocenters. The Bertz CT molecular complexity index is 882. The van der Waals surface area contributed by atoms with Gasteiger partial charge in [0.25, 0.3) is 0 Å². The van der Waals surface area contributed by atoms with Gasteiger partial charge in [-0.3, -0.25) is 0 Å². The van der Waals surface area contributed by atoms with E-state index in [-0.39, 0.29) is 6.10 Å². The Hall–Kier alpha value is -1.38. The van der Waals surface area contributed by atoms with E-state index in [9.17, 15) is 0 Å². The lowest BCUT2D eigenvalue weighted by molar-refractivity contribution is -0.127. The van der Waals surface area contributed by atoms with Crippen molar-refractivity contribution in [1.82, 2.24) is 0 Å². The molecule has 4 saturated carbocycles. The number of fused-ring (bicyclic) bond motifs is 5. The number of nitrogens with two attached hydrogens (primary N) is 2. The zero-order chi connectivity index (χ0) is 24.3. The highest BCUT2D eigenvalue weighted by atomic mass is 16.5. The van der Waals surface area contributed by atoms with E-state index in [2.05, 4.69) is 34.6 Å². The molecule has 4 fully saturated rings. The molecule has 0 aromatic heterocycles. The number of anilines is 2. The quantitative estimate of drug-likeness (QED) is 0.433. The maximum Gasteiger partial charge on any atom is 0.144 e. The van der Waals surface area contributed by atoms with Crippen LogP contribution in [0.2, 0.25) is 0 Å². The smallest absolute Gasteiger partial charge is 0.144 e. The van der Waals surface area contributed by atoms with Crippen molar-refractivity contribution in [3.8, 4) is 5.75 Å². The van der Waals surface area contributed by atoms with E-state index in [1.165, 1.54) is 57.8 Å². The van der Waals surface area contributed by atoms with Gasteiger partial charge in [0.2, 0.25) is 0 Å². The molecule has 0 bridgehead atoms. The highest BCUT2D eigenvalue weighted by Gasteiger charge is 2.60. The number of nitrogen functional groups attached to an aromatic ring is 2. The van der Waals surface area contributed by atoms with Gasteiger partial charge >= 0.3 is 0 Å². The fourth-order valence-electron chi connectivity index (χ4n) is 10.0. The zero-order valence-corrected chi connectivity index (χ0v) is 22.5. The topological polar surface area (TPSA) is 61.3 Å². The SMILES string of the molecule is CC(C)CC(C)C1CCC2C3CCC4CC(Oc5cc(N)ccc5N)CCC4(C)C3CCC12C. The van der Waals surface area contributed by atoms with Crippen molar-refractivity contribution < 1.29 is 4.74 Å². The van der Waals surface area contributed by atoms with Gasteiger partial charge in [-0.25, -0.2) is 0 Å². The Morgan fingerprint density at radius 3 is 2.41 bits per heavy atom. The fourth-order valence-corrected chi connectivity index (χ4v) is 10.0. The van der Waals surface area contributed by atoms with Crippen molar-refractivity contribution in [2.75, 3.05) is 11.5 Å². The molecule has 0 aliphatic heterocycles. The lowest BCUT2D eigenvalue weighted by Crippen LogP contribution is -2.54. The molecule has 0 amide bonds. The van der Waals surface area contributed by atoms with Crippen molar-refractivity contribution >= 4 is 11.4 Å². The van der Waals surface area contributed by atoms with Gasteiger partial charge in [-0.05, 0) is 129 Å². The standard InChI is InChI=1S/C31H50N2O/c1-19(2)16-20(3)25-9-10-26-24-8-6-21-17-23(34-29-18-22(32)7-11-28(29)33)12-14-30(21,4)27(24)13-15-31(25,26)5/h7,11,18-21,23-27H,6,8-10,12-17,32-33H2,1-5H3. The molecule has 1 aromatic carbocycles. The van der Waals surface area contributed by atoms with Crippen LogP contribution in [-0.2, 0) is 0 Å². The van der Waals surface area contributed by atoms with Crippen LogP contribution in [0.3, 0.4) is 0 Å². The summed E-state index contributed by atoms with van der Waals surface area (Å²) in [5.74, 6) is 7.05. The van der Waals surface area contributed by atoms with Crippen molar-refractivity contribution in [3.05, 3.63) is 18.2 Å². The minimum absolute atomic E-state index is 0.278. The predicted molar refractivity (Wildman–Crippen MR) is 144 cm³/mol. The summed E-state index contributed by atoms with van der Waals surface area (Å²) in [6, 6.07) is 5.63. The number of hydrogen-bond donors (Lipinski definition) is 2. The fraction of sp³-hybridized carbons (Fsp3) is 0.806. The summed E-state index contributed by atoms with van der Waals surface area (Å²) >= 11 is 0. The molecule has 34 heavy (non-hydrogen) atoms. The maximum atomic E-state index is 6.45. The zero-order valence-electron chi connectivity index (χ0n) is 22.5. The first kappa shape index (κ1) is 24.3. The normalized spacial score (nSPS) is 42.5. The van der Waals surface area contributed by atoms with E-state index in [1.807, 2.05) is 18.2 Å². The second-order valence-corrected chi connectivity index (χ2v) is 13.8. The Kier molecular flexibility index (Phi) is 6.39. The first-order chi connectivity index (χ1) is 16.1. The monoisotopic (exact) mass is 466 g/mol. The van der Waals surface area contributed by atoms with Crippen LogP contribution < -0.4 is 16.2 Å². The lowest BCUT2D eigenvalue weighted by atomic mass is 9.44. The third kappa shape index (κ3) is 4.03. The summed E-state index contributed by atoms with van der Waals surface area (Å²) in [4.78, 5) is 0. The molecule has 0 spiro atoms. The van der Waals surface area contributed by atoms with Gasteiger partial charge in [-0.15, -0.1) is 0 Å². The molecule has 3 heteroatoms. The summed E-state index contributed by atoms with van der Waals surface area (Å²) < 4.78 is 6.45. The van der Waals surface area contributed by atoms with Gasteiger partial charge < -0.3 is 16.2 Å². The van der Waals surface area contributed by atoms with Crippen molar-refractivity contribution in [2.24, 2.45) is 52.3 Å². The van der Waals surface area contributed by atoms with Gasteiger partial charge in [0.15, 0.2) is 0 Å². The van der Waals surface area contributed by atoms with Crippen LogP contribution in [0.1, 0.15) is 98.8 Å². The molecule has 1 aromatic rings.